The molecule has 0 aliphatic carbocycles. The summed E-state index contributed by atoms with van der Waals surface area (Å²) < 4.78 is 10.2. The van der Waals surface area contributed by atoms with E-state index in [1.54, 1.807) is 0 Å². The molecule has 0 bridgehead atoms. The summed E-state index contributed by atoms with van der Waals surface area (Å²) in [6, 6.07) is 3.45. The maximum absolute atomic E-state index is 13.3. The van der Waals surface area contributed by atoms with Gasteiger partial charge in [-0.1, -0.05) is 43.1 Å². The van der Waals surface area contributed by atoms with Crippen molar-refractivity contribution in [3.8, 4) is 0 Å². The Balaban J connectivity index is 2.39. The van der Waals surface area contributed by atoms with Crippen molar-refractivity contribution in [3.05, 3.63) is 54.6 Å². The monoisotopic (exact) mass is 503 g/mol. The van der Waals surface area contributed by atoms with Gasteiger partial charge in [0.15, 0.2) is 5.12 Å². The molecule has 2 rings (SSSR count). The molecule has 1 aliphatic rings. The third kappa shape index (κ3) is 7.19. The van der Waals surface area contributed by atoms with E-state index in [0.717, 1.165) is 11.8 Å². The number of anilines is 1. The molecule has 1 fully saturated rings. The van der Waals surface area contributed by atoms with Crippen molar-refractivity contribution >= 4 is 46.4 Å². The van der Waals surface area contributed by atoms with Crippen LogP contribution < -0.4 is 5.32 Å². The first kappa shape index (κ1) is 27.6. The molecular weight excluding hydrogens is 474 g/mol. The van der Waals surface area contributed by atoms with E-state index in [-0.39, 0.29) is 53.4 Å². The van der Waals surface area contributed by atoms with Crippen molar-refractivity contribution in [2.45, 2.75) is 24.6 Å². The van der Waals surface area contributed by atoms with Crippen molar-refractivity contribution in [2.24, 2.45) is 0 Å². The molecule has 1 saturated heterocycles. The SMILES string of the molecule is C=CCOC(=O)c1cccc(NC(=O)[C@@H]2C[C@H](SC(C)=O)CN2C(=O)OCC=C)c1C(=O)N(C)C. The van der Waals surface area contributed by atoms with Crippen LogP contribution in [0.1, 0.15) is 34.1 Å². The molecule has 0 radical (unpaired) electrons. The number of esters is 1. The van der Waals surface area contributed by atoms with Crippen LogP contribution in [0.5, 0.6) is 0 Å². The third-order valence-corrected chi connectivity index (χ3v) is 5.96. The smallest absolute Gasteiger partial charge is 0.410 e. The first-order valence-corrected chi connectivity index (χ1v) is 11.6. The van der Waals surface area contributed by atoms with E-state index in [1.807, 2.05) is 0 Å². The number of rotatable bonds is 9. The maximum atomic E-state index is 13.3. The molecule has 10 nitrogen and oxygen atoms in total. The number of benzene rings is 1. The Labute approximate surface area is 208 Å². The minimum atomic E-state index is -0.956. The molecule has 0 aromatic heterocycles. The van der Waals surface area contributed by atoms with E-state index in [1.165, 1.54) is 61.2 Å². The second-order valence-corrected chi connectivity index (χ2v) is 9.28. The number of nitrogens with one attached hydrogen (secondary N) is 1. The summed E-state index contributed by atoms with van der Waals surface area (Å²) in [6.07, 6.45) is 2.29. The molecule has 0 unspecified atom stereocenters. The predicted octanol–water partition coefficient (Wildman–Crippen LogP) is 2.71. The summed E-state index contributed by atoms with van der Waals surface area (Å²) in [7, 11) is 3.02. The average molecular weight is 504 g/mol. The zero-order valence-electron chi connectivity index (χ0n) is 19.9. The number of carbonyl (C=O) groups excluding carboxylic acids is 5. The van der Waals surface area contributed by atoms with Crippen molar-refractivity contribution in [2.75, 3.05) is 39.2 Å². The van der Waals surface area contributed by atoms with Crippen LogP contribution in [0.3, 0.4) is 0 Å². The summed E-state index contributed by atoms with van der Waals surface area (Å²) in [5.74, 6) is -1.86. The average Bonchev–Trinajstić information content (AvgIpc) is 3.23. The molecule has 35 heavy (non-hydrogen) atoms. The van der Waals surface area contributed by atoms with Crippen LogP contribution in [0.2, 0.25) is 0 Å². The number of thioether (sulfide) groups is 1. The van der Waals surface area contributed by atoms with Gasteiger partial charge in [-0.3, -0.25) is 19.3 Å². The molecule has 2 atom stereocenters. The first-order chi connectivity index (χ1) is 16.6. The summed E-state index contributed by atoms with van der Waals surface area (Å²) in [5, 5.41) is 2.23. The summed E-state index contributed by atoms with van der Waals surface area (Å²) >= 11 is 1.04. The number of likely N-dealkylation sites (tertiary alicyclic amines) is 1. The summed E-state index contributed by atoms with van der Waals surface area (Å²) in [6.45, 7) is 8.46. The van der Waals surface area contributed by atoms with Crippen LogP contribution >= 0.6 is 11.8 Å². The highest BCUT2D eigenvalue weighted by Gasteiger charge is 2.41. The van der Waals surface area contributed by atoms with E-state index in [9.17, 15) is 24.0 Å². The van der Waals surface area contributed by atoms with Gasteiger partial charge in [0.2, 0.25) is 5.91 Å². The molecule has 188 valence electrons. The zero-order valence-corrected chi connectivity index (χ0v) is 20.8. The highest BCUT2D eigenvalue weighted by molar-refractivity contribution is 8.14. The third-order valence-electron chi connectivity index (χ3n) is 4.95. The van der Waals surface area contributed by atoms with Crippen molar-refractivity contribution in [3.63, 3.8) is 0 Å². The van der Waals surface area contributed by atoms with Gasteiger partial charge in [-0.25, -0.2) is 9.59 Å². The lowest BCUT2D eigenvalue weighted by Gasteiger charge is -2.24. The quantitative estimate of drug-likeness (QED) is 0.403. The number of hydrogen-bond acceptors (Lipinski definition) is 8. The molecule has 0 saturated carbocycles. The molecule has 1 aromatic rings. The Hall–Kier alpha value is -3.60. The fraction of sp³-hybridized carbons (Fsp3) is 0.375. The van der Waals surface area contributed by atoms with Gasteiger partial charge in [0, 0.05) is 32.8 Å². The fourth-order valence-electron chi connectivity index (χ4n) is 3.49. The summed E-state index contributed by atoms with van der Waals surface area (Å²) in [4.78, 5) is 65.5. The van der Waals surface area contributed by atoms with E-state index in [2.05, 4.69) is 18.5 Å². The van der Waals surface area contributed by atoms with Crippen LogP contribution in [0.25, 0.3) is 0 Å². The van der Waals surface area contributed by atoms with Gasteiger partial charge in [-0.05, 0) is 18.6 Å². The Kier molecular flexibility index (Phi) is 10.1. The number of ether oxygens (including phenoxy) is 2. The highest BCUT2D eigenvalue weighted by Crippen LogP contribution is 2.30. The molecule has 1 aliphatic heterocycles. The lowest BCUT2D eigenvalue weighted by atomic mass is 10.0. The normalized spacial score (nSPS) is 16.7. The van der Waals surface area contributed by atoms with Gasteiger partial charge < -0.3 is 19.7 Å². The predicted molar refractivity (Wildman–Crippen MR) is 132 cm³/mol. The number of amides is 3. The summed E-state index contributed by atoms with van der Waals surface area (Å²) in [5.41, 5.74) is 0.0132. The number of carbonyl (C=O) groups is 5. The lowest BCUT2D eigenvalue weighted by Crippen LogP contribution is -2.43. The van der Waals surface area contributed by atoms with Gasteiger partial charge in [-0.15, -0.1) is 0 Å². The van der Waals surface area contributed by atoms with E-state index < -0.39 is 29.9 Å². The Morgan fingerprint density at radius 1 is 1.14 bits per heavy atom. The van der Waals surface area contributed by atoms with Crippen LogP contribution in [-0.4, -0.2) is 83.9 Å². The zero-order chi connectivity index (χ0) is 26.1. The molecule has 0 spiro atoms. The van der Waals surface area contributed by atoms with Crippen LogP contribution in [0, 0.1) is 0 Å². The van der Waals surface area contributed by atoms with Gasteiger partial charge in [0.1, 0.15) is 19.3 Å². The highest BCUT2D eigenvalue weighted by atomic mass is 32.2. The largest absolute Gasteiger partial charge is 0.458 e. The minimum Gasteiger partial charge on any atom is -0.458 e. The van der Waals surface area contributed by atoms with Gasteiger partial charge in [0.25, 0.3) is 5.91 Å². The second-order valence-electron chi connectivity index (χ2n) is 7.80. The van der Waals surface area contributed by atoms with E-state index in [0.29, 0.717) is 0 Å². The van der Waals surface area contributed by atoms with Crippen LogP contribution in [-0.2, 0) is 19.1 Å². The van der Waals surface area contributed by atoms with Gasteiger partial charge in [-0.2, -0.15) is 0 Å². The van der Waals surface area contributed by atoms with Crippen molar-refractivity contribution in [1.82, 2.24) is 9.80 Å². The van der Waals surface area contributed by atoms with E-state index in [4.69, 9.17) is 9.47 Å². The molecule has 1 N–H and O–H groups in total. The van der Waals surface area contributed by atoms with E-state index >= 15 is 0 Å². The molecular formula is C24H29N3O7S. The van der Waals surface area contributed by atoms with Crippen molar-refractivity contribution < 1.29 is 33.4 Å². The Bertz CT molecular complexity index is 1020. The molecule has 1 aromatic carbocycles. The molecule has 3 amide bonds. The Morgan fingerprint density at radius 3 is 2.40 bits per heavy atom. The molecule has 11 heteroatoms. The number of nitrogens with zero attached hydrogens (tertiary/aromatic N) is 2. The maximum Gasteiger partial charge on any atom is 0.410 e. The van der Waals surface area contributed by atoms with Gasteiger partial charge in [0.05, 0.1) is 16.8 Å². The second kappa shape index (κ2) is 12.7. The molecule has 1 heterocycles. The Morgan fingerprint density at radius 2 is 1.80 bits per heavy atom. The first-order valence-electron chi connectivity index (χ1n) is 10.8. The minimum absolute atomic E-state index is 0.0259. The van der Waals surface area contributed by atoms with Gasteiger partial charge >= 0.3 is 12.1 Å². The lowest BCUT2D eigenvalue weighted by molar-refractivity contribution is -0.120. The fourth-order valence-corrected chi connectivity index (χ4v) is 4.47. The van der Waals surface area contributed by atoms with Crippen LogP contribution in [0.4, 0.5) is 10.5 Å². The standard InChI is InChI=1S/C24H29N3O7S/c1-6-11-33-23(31)17-9-8-10-18(20(17)22(30)26(4)5)25-21(29)19-13-16(35-15(3)28)14-27(19)24(32)34-12-7-2/h6-10,16,19H,1-2,11-14H2,3-5H3,(H,25,29)/t16-,19-/m0/s1. The topological polar surface area (TPSA) is 122 Å². The van der Waals surface area contributed by atoms with Crippen LogP contribution in [0.15, 0.2) is 43.5 Å². The van der Waals surface area contributed by atoms with Crippen molar-refractivity contribution in [1.29, 1.82) is 0 Å². The number of hydrogen-bond donors (Lipinski definition) is 1.